The molecule has 1 aromatic heterocycles. The largest absolute Gasteiger partial charge is 0.507 e. The van der Waals surface area contributed by atoms with Crippen molar-refractivity contribution in [1.82, 2.24) is 10.2 Å². The molecule has 6 rings (SSSR count). The van der Waals surface area contributed by atoms with Gasteiger partial charge in [0.15, 0.2) is 4.34 Å². The van der Waals surface area contributed by atoms with E-state index >= 15 is 0 Å². The fourth-order valence-electron chi connectivity index (χ4n) is 5.29. The summed E-state index contributed by atoms with van der Waals surface area (Å²) in [6, 6.07) is 27.5. The van der Waals surface area contributed by atoms with Gasteiger partial charge in [-0.3, -0.25) is 14.5 Å². The molecule has 1 N–H and O–H groups in total. The molecule has 1 saturated heterocycles. The van der Waals surface area contributed by atoms with Crippen LogP contribution in [0, 0.1) is 0 Å². The first-order chi connectivity index (χ1) is 22.0. The van der Waals surface area contributed by atoms with Gasteiger partial charge in [0.2, 0.25) is 5.13 Å². The molecule has 10 heteroatoms. The topological polar surface area (TPSA) is 102 Å². The van der Waals surface area contributed by atoms with Gasteiger partial charge < -0.3 is 14.6 Å². The van der Waals surface area contributed by atoms with Crippen molar-refractivity contribution >= 4 is 56.5 Å². The molecule has 0 aliphatic carbocycles. The molecule has 228 valence electrons. The Labute approximate surface area is 269 Å². The number of Topliss-reactive ketones (excluding diaryl/α,β-unsaturated/α-hetero) is 1. The van der Waals surface area contributed by atoms with Crippen molar-refractivity contribution < 1.29 is 24.2 Å². The molecule has 0 radical (unpaired) electrons. The number of hydrogen-bond acceptors (Lipinski definition) is 9. The van der Waals surface area contributed by atoms with Crippen LogP contribution >= 0.6 is 23.1 Å². The highest BCUT2D eigenvalue weighted by Crippen LogP contribution is 2.45. The monoisotopic (exact) mass is 637 g/mol. The first-order valence-electron chi connectivity index (χ1n) is 14.7. The zero-order chi connectivity index (χ0) is 31.3. The number of aliphatic hydroxyl groups excluding tert-OH is 1. The number of carbonyl (C=O) groups excluding carboxylic acids is 2. The maximum Gasteiger partial charge on any atom is 0.301 e. The number of anilines is 1. The molecule has 45 heavy (non-hydrogen) atoms. The predicted molar refractivity (Wildman–Crippen MR) is 178 cm³/mol. The molecule has 2 heterocycles. The summed E-state index contributed by atoms with van der Waals surface area (Å²) in [7, 11) is 0. The van der Waals surface area contributed by atoms with Crippen molar-refractivity contribution in [2.75, 3.05) is 18.1 Å². The molecule has 5 aromatic rings. The van der Waals surface area contributed by atoms with Gasteiger partial charge in [-0.05, 0) is 71.6 Å². The number of ether oxygens (including phenoxy) is 2. The Morgan fingerprint density at radius 1 is 0.911 bits per heavy atom. The second-order valence-corrected chi connectivity index (χ2v) is 12.5. The number of carbonyl (C=O) groups is 2. The van der Waals surface area contributed by atoms with E-state index < -0.39 is 17.7 Å². The minimum atomic E-state index is -0.940. The van der Waals surface area contributed by atoms with Gasteiger partial charge in [0, 0.05) is 11.3 Å². The van der Waals surface area contributed by atoms with Crippen LogP contribution in [0.3, 0.4) is 0 Å². The van der Waals surface area contributed by atoms with E-state index in [1.54, 1.807) is 48.5 Å². The Bertz CT molecular complexity index is 1880. The maximum absolute atomic E-state index is 13.7. The molecule has 1 aliphatic rings. The third-order valence-corrected chi connectivity index (χ3v) is 9.47. The van der Waals surface area contributed by atoms with Crippen molar-refractivity contribution in [3.05, 3.63) is 113 Å². The summed E-state index contributed by atoms with van der Waals surface area (Å²) in [5, 5.41) is 22.8. The minimum absolute atomic E-state index is 0.0315. The summed E-state index contributed by atoms with van der Waals surface area (Å²) >= 11 is 2.75. The number of hydrogen-bond donors (Lipinski definition) is 1. The van der Waals surface area contributed by atoms with E-state index in [2.05, 4.69) is 34.5 Å². The average molecular weight is 638 g/mol. The molecule has 1 atom stereocenters. The molecule has 4 aromatic carbocycles. The summed E-state index contributed by atoms with van der Waals surface area (Å²) in [6.07, 6.45) is 0.862. The number of fused-ring (bicyclic) bond motifs is 1. The molecule has 0 spiro atoms. The Kier molecular flexibility index (Phi) is 9.13. The number of amides is 1. The van der Waals surface area contributed by atoms with Gasteiger partial charge in [0.05, 0.1) is 24.8 Å². The molecule has 1 amide bonds. The normalized spacial score (nSPS) is 16.0. The fraction of sp³-hybridized carbons (Fsp3) is 0.200. The molecule has 0 saturated carbocycles. The van der Waals surface area contributed by atoms with Gasteiger partial charge in [-0.1, -0.05) is 84.6 Å². The standard InChI is InChI=1S/C35H31N3O5S2/c1-3-19-43-26-17-15-23(16-18-26)31(39)29-30(24-11-8-13-27(20-24)42-4-2)38(33(41)32(29)40)34-36-37-35(45-34)44-21-25-12-7-10-22-9-5-6-14-28(22)25/h5-18,20,30,39H,3-4,19,21H2,1-2H3/b31-29+. The number of thioether (sulfide) groups is 1. The number of aliphatic hydroxyl groups is 1. The molecule has 8 nitrogen and oxygen atoms in total. The van der Waals surface area contributed by atoms with Crippen molar-refractivity contribution in [2.45, 2.75) is 36.4 Å². The highest BCUT2D eigenvalue weighted by molar-refractivity contribution is 8.00. The van der Waals surface area contributed by atoms with Crippen LogP contribution in [0.2, 0.25) is 0 Å². The van der Waals surface area contributed by atoms with Gasteiger partial charge in [0.25, 0.3) is 5.78 Å². The molecule has 0 bridgehead atoms. The Morgan fingerprint density at radius 3 is 2.49 bits per heavy atom. The fourth-order valence-corrected chi connectivity index (χ4v) is 7.16. The summed E-state index contributed by atoms with van der Waals surface area (Å²) in [4.78, 5) is 28.6. The quantitative estimate of drug-likeness (QED) is 0.0515. The first kappa shape index (κ1) is 30.4. The van der Waals surface area contributed by atoms with Gasteiger partial charge in [0.1, 0.15) is 17.3 Å². The first-order valence-corrected chi connectivity index (χ1v) is 16.5. The van der Waals surface area contributed by atoms with E-state index in [-0.39, 0.29) is 16.5 Å². The number of aromatic nitrogens is 2. The lowest BCUT2D eigenvalue weighted by Crippen LogP contribution is -2.29. The van der Waals surface area contributed by atoms with E-state index in [0.29, 0.717) is 45.9 Å². The molecule has 1 unspecified atom stereocenters. The minimum Gasteiger partial charge on any atom is -0.507 e. The van der Waals surface area contributed by atoms with Gasteiger partial charge in [-0.2, -0.15) is 0 Å². The molecule has 1 fully saturated rings. The van der Waals surface area contributed by atoms with Crippen LogP contribution < -0.4 is 14.4 Å². The lowest BCUT2D eigenvalue weighted by atomic mass is 9.95. The zero-order valence-corrected chi connectivity index (χ0v) is 26.4. The number of nitrogens with zero attached hydrogens (tertiary/aromatic N) is 3. The highest BCUT2D eigenvalue weighted by Gasteiger charge is 2.48. The maximum atomic E-state index is 13.7. The van der Waals surface area contributed by atoms with Gasteiger partial charge >= 0.3 is 5.91 Å². The number of benzene rings is 4. The Balaban J connectivity index is 1.36. The summed E-state index contributed by atoms with van der Waals surface area (Å²) in [6.45, 7) is 4.91. The Hall–Kier alpha value is -4.67. The lowest BCUT2D eigenvalue weighted by molar-refractivity contribution is -0.132. The van der Waals surface area contributed by atoms with E-state index in [1.807, 2.05) is 32.0 Å². The van der Waals surface area contributed by atoms with Crippen molar-refractivity contribution in [1.29, 1.82) is 0 Å². The van der Waals surface area contributed by atoms with Crippen LogP contribution in [0.5, 0.6) is 11.5 Å². The summed E-state index contributed by atoms with van der Waals surface area (Å²) < 4.78 is 12.1. The zero-order valence-electron chi connectivity index (χ0n) is 24.8. The number of rotatable bonds is 11. The molecular formula is C35H31N3O5S2. The third kappa shape index (κ3) is 6.29. The van der Waals surface area contributed by atoms with Gasteiger partial charge in [-0.15, -0.1) is 10.2 Å². The average Bonchev–Trinajstić information content (AvgIpc) is 3.64. The van der Waals surface area contributed by atoms with E-state index in [1.165, 1.54) is 33.4 Å². The Morgan fingerprint density at radius 2 is 1.69 bits per heavy atom. The predicted octanol–water partition coefficient (Wildman–Crippen LogP) is 7.80. The van der Waals surface area contributed by atoms with Crippen LogP contribution in [0.25, 0.3) is 16.5 Å². The van der Waals surface area contributed by atoms with Crippen molar-refractivity contribution in [3.63, 3.8) is 0 Å². The van der Waals surface area contributed by atoms with Crippen LogP contribution in [0.15, 0.2) is 101 Å². The smallest absolute Gasteiger partial charge is 0.301 e. The molecule has 1 aliphatic heterocycles. The van der Waals surface area contributed by atoms with Crippen LogP contribution in [0.4, 0.5) is 5.13 Å². The highest BCUT2D eigenvalue weighted by atomic mass is 32.2. The molecular weight excluding hydrogens is 607 g/mol. The van der Waals surface area contributed by atoms with Crippen molar-refractivity contribution in [3.8, 4) is 11.5 Å². The second-order valence-electron chi connectivity index (χ2n) is 10.3. The van der Waals surface area contributed by atoms with E-state index in [9.17, 15) is 14.7 Å². The lowest BCUT2D eigenvalue weighted by Gasteiger charge is -2.23. The second kappa shape index (κ2) is 13.5. The van der Waals surface area contributed by atoms with E-state index in [0.717, 1.165) is 17.4 Å². The summed E-state index contributed by atoms with van der Waals surface area (Å²) in [5.74, 6) is 0.0319. The SMILES string of the molecule is CCCOc1ccc(/C(O)=C2\C(=O)C(=O)N(c3nnc(SCc4cccc5ccccc45)s3)C2c2cccc(OCC)c2)cc1. The number of ketones is 1. The van der Waals surface area contributed by atoms with Crippen LogP contribution in [-0.2, 0) is 15.3 Å². The van der Waals surface area contributed by atoms with Gasteiger partial charge in [-0.25, -0.2) is 0 Å². The third-order valence-electron chi connectivity index (χ3n) is 7.36. The van der Waals surface area contributed by atoms with Crippen molar-refractivity contribution in [2.24, 2.45) is 0 Å². The van der Waals surface area contributed by atoms with Crippen LogP contribution in [0.1, 0.15) is 43.0 Å². The summed E-state index contributed by atoms with van der Waals surface area (Å²) in [5.41, 5.74) is 2.13. The van der Waals surface area contributed by atoms with Crippen LogP contribution in [-0.4, -0.2) is 40.2 Å². The van der Waals surface area contributed by atoms with E-state index in [4.69, 9.17) is 9.47 Å².